The summed E-state index contributed by atoms with van der Waals surface area (Å²) in [7, 11) is -0.635. The second kappa shape index (κ2) is 10.0. The molecule has 4 rings (SSSR count). The summed E-state index contributed by atoms with van der Waals surface area (Å²) in [5, 5.41) is 12.4. The van der Waals surface area contributed by atoms with E-state index in [4.69, 9.17) is 14.0 Å². The summed E-state index contributed by atoms with van der Waals surface area (Å²) in [6.45, 7) is 10.4. The molecule has 1 aliphatic carbocycles. The number of hydrogen-bond donors (Lipinski definition) is 1. The molecular formula is C26H35BFN3O5. The molecule has 0 aromatic heterocycles. The van der Waals surface area contributed by atoms with Crippen LogP contribution in [0.1, 0.15) is 59.4 Å². The third-order valence-corrected chi connectivity index (χ3v) is 6.95. The average molecular weight is 499 g/mol. The quantitative estimate of drug-likeness (QED) is 0.626. The lowest BCUT2D eigenvalue weighted by molar-refractivity contribution is -0.128. The van der Waals surface area contributed by atoms with Crippen LogP contribution < -0.4 is 10.8 Å². The smallest absolute Gasteiger partial charge is 0.444 e. The third kappa shape index (κ3) is 5.84. The summed E-state index contributed by atoms with van der Waals surface area (Å²) in [6.07, 6.45) is 1.91. The fourth-order valence-corrected chi connectivity index (χ4v) is 5.27. The highest BCUT2D eigenvalue weighted by molar-refractivity contribution is 6.61. The van der Waals surface area contributed by atoms with Crippen LogP contribution in [0.15, 0.2) is 18.2 Å². The van der Waals surface area contributed by atoms with Gasteiger partial charge >= 0.3 is 13.2 Å². The maximum atomic E-state index is 14.9. The minimum atomic E-state index is -0.944. The number of amides is 2. The summed E-state index contributed by atoms with van der Waals surface area (Å²) >= 11 is 0. The number of rotatable bonds is 5. The van der Waals surface area contributed by atoms with Crippen molar-refractivity contribution in [1.82, 2.24) is 10.2 Å². The molecule has 1 N–H and O–H groups in total. The van der Waals surface area contributed by atoms with Crippen molar-refractivity contribution in [3.63, 3.8) is 0 Å². The Morgan fingerprint density at radius 3 is 2.61 bits per heavy atom. The SMILES string of the molecule is CC1(C)COB(c2ccc(C[C@@H](C#N)NC(=O)[C@@H]3[C@H]4CC[C@H](C4)N3C(=O)OC(C)(C)C)c(F)c2)OC1. The van der Waals surface area contributed by atoms with Gasteiger partial charge in [0.2, 0.25) is 5.91 Å². The van der Waals surface area contributed by atoms with Crippen LogP contribution in [0.2, 0.25) is 0 Å². The van der Waals surface area contributed by atoms with Crippen LogP contribution in [0.5, 0.6) is 0 Å². The number of carbonyl (C=O) groups is 2. The molecule has 1 aromatic rings. The molecule has 194 valence electrons. The number of fused-ring (bicyclic) bond motifs is 2. The second-order valence-electron chi connectivity index (χ2n) is 11.9. The molecule has 0 spiro atoms. The fourth-order valence-electron chi connectivity index (χ4n) is 5.27. The van der Waals surface area contributed by atoms with E-state index in [0.29, 0.717) is 24.2 Å². The number of benzene rings is 1. The van der Waals surface area contributed by atoms with E-state index < -0.39 is 42.6 Å². The zero-order valence-electron chi connectivity index (χ0n) is 21.7. The first-order valence-corrected chi connectivity index (χ1v) is 12.6. The van der Waals surface area contributed by atoms with Gasteiger partial charge < -0.3 is 19.4 Å². The maximum Gasteiger partial charge on any atom is 0.494 e. The van der Waals surface area contributed by atoms with Crippen LogP contribution in [-0.2, 0) is 25.3 Å². The molecule has 1 saturated carbocycles. The third-order valence-electron chi connectivity index (χ3n) is 6.95. The summed E-state index contributed by atoms with van der Waals surface area (Å²) in [5.41, 5.74) is 0.103. The average Bonchev–Trinajstić information content (AvgIpc) is 3.40. The van der Waals surface area contributed by atoms with Crippen molar-refractivity contribution >= 4 is 24.6 Å². The number of nitrogens with one attached hydrogen (secondary N) is 1. The highest BCUT2D eigenvalue weighted by atomic mass is 19.1. The van der Waals surface area contributed by atoms with E-state index in [-0.39, 0.29) is 23.8 Å². The molecule has 3 aliphatic rings. The fraction of sp³-hybridized carbons (Fsp3) is 0.654. The van der Waals surface area contributed by atoms with E-state index >= 15 is 0 Å². The molecule has 0 radical (unpaired) electrons. The second-order valence-corrected chi connectivity index (χ2v) is 11.9. The molecule has 2 saturated heterocycles. The van der Waals surface area contributed by atoms with Crippen molar-refractivity contribution in [3.8, 4) is 6.07 Å². The van der Waals surface area contributed by atoms with E-state index in [0.717, 1.165) is 19.3 Å². The van der Waals surface area contributed by atoms with Gasteiger partial charge in [0.25, 0.3) is 0 Å². The molecule has 0 unspecified atom stereocenters. The highest BCUT2D eigenvalue weighted by Gasteiger charge is 2.52. The zero-order valence-corrected chi connectivity index (χ0v) is 21.7. The predicted molar refractivity (Wildman–Crippen MR) is 132 cm³/mol. The van der Waals surface area contributed by atoms with E-state index in [1.54, 1.807) is 32.9 Å². The molecule has 10 heteroatoms. The van der Waals surface area contributed by atoms with Gasteiger partial charge in [-0.2, -0.15) is 5.26 Å². The Bertz CT molecular complexity index is 1040. The normalized spacial score (nSPS) is 25.9. The molecule has 2 amide bonds. The van der Waals surface area contributed by atoms with Crippen molar-refractivity contribution in [3.05, 3.63) is 29.6 Å². The number of nitriles is 1. The number of piperidine rings is 1. The summed E-state index contributed by atoms with van der Waals surface area (Å²) in [4.78, 5) is 27.6. The van der Waals surface area contributed by atoms with Crippen molar-refractivity contribution in [2.45, 2.75) is 84.0 Å². The Hall–Kier alpha value is -2.64. The van der Waals surface area contributed by atoms with Crippen LogP contribution in [0.3, 0.4) is 0 Å². The minimum Gasteiger partial charge on any atom is -0.444 e. The molecule has 1 aromatic carbocycles. The molecular weight excluding hydrogens is 464 g/mol. The van der Waals surface area contributed by atoms with Crippen molar-refractivity contribution in [2.24, 2.45) is 11.3 Å². The van der Waals surface area contributed by atoms with E-state index in [2.05, 4.69) is 11.4 Å². The van der Waals surface area contributed by atoms with Gasteiger partial charge in [-0.05, 0) is 63.0 Å². The molecule has 4 atom stereocenters. The predicted octanol–water partition coefficient (Wildman–Crippen LogP) is 2.93. The summed E-state index contributed by atoms with van der Waals surface area (Å²) in [5.74, 6) is -0.865. The largest absolute Gasteiger partial charge is 0.494 e. The number of nitrogens with zero attached hydrogens (tertiary/aromatic N) is 2. The van der Waals surface area contributed by atoms with Gasteiger partial charge in [-0.3, -0.25) is 9.69 Å². The Kier molecular flexibility index (Phi) is 7.36. The van der Waals surface area contributed by atoms with Crippen LogP contribution in [0, 0.1) is 28.5 Å². The first-order chi connectivity index (χ1) is 16.9. The lowest BCUT2D eigenvalue weighted by atomic mass is 9.75. The lowest BCUT2D eigenvalue weighted by Crippen LogP contribution is -2.55. The summed E-state index contributed by atoms with van der Waals surface area (Å²) in [6, 6.07) is 5.06. The number of ether oxygens (including phenoxy) is 1. The maximum absolute atomic E-state index is 14.9. The number of hydrogen-bond acceptors (Lipinski definition) is 6. The Balaban J connectivity index is 1.41. The first-order valence-electron chi connectivity index (χ1n) is 12.6. The standard InChI is InChI=1S/C26H35BFN3O5/c1-25(2,3)36-24(33)31-20-9-7-17(11-20)22(31)23(32)30-19(13-29)10-16-6-8-18(12-21(16)28)27-34-14-26(4,5)15-35-27/h6,8,12,17,19-20,22H,7,9-11,14-15H2,1-5H3,(H,30,32)/t17-,19-,20+,22-/m0/s1. The minimum absolute atomic E-state index is 0.00101. The summed E-state index contributed by atoms with van der Waals surface area (Å²) < 4.78 is 31.9. The molecule has 2 bridgehead atoms. The number of carbonyl (C=O) groups excluding carboxylic acids is 2. The molecule has 2 aliphatic heterocycles. The van der Waals surface area contributed by atoms with E-state index in [9.17, 15) is 19.2 Å². The first kappa shape index (κ1) is 26.4. The number of likely N-dealkylation sites (tertiary alicyclic amines) is 1. The van der Waals surface area contributed by atoms with E-state index in [1.165, 1.54) is 11.0 Å². The Morgan fingerprint density at radius 1 is 1.31 bits per heavy atom. The molecule has 36 heavy (non-hydrogen) atoms. The van der Waals surface area contributed by atoms with Gasteiger partial charge in [0, 0.05) is 31.1 Å². The van der Waals surface area contributed by atoms with Crippen LogP contribution in [0.4, 0.5) is 9.18 Å². The zero-order chi connectivity index (χ0) is 26.3. The monoisotopic (exact) mass is 499 g/mol. The van der Waals surface area contributed by atoms with Crippen LogP contribution >= 0.6 is 0 Å². The molecule has 3 fully saturated rings. The Morgan fingerprint density at radius 2 is 2.00 bits per heavy atom. The topological polar surface area (TPSA) is 101 Å². The highest BCUT2D eigenvalue weighted by Crippen LogP contribution is 2.43. The lowest BCUT2D eigenvalue weighted by Gasteiger charge is -2.35. The van der Waals surface area contributed by atoms with Gasteiger partial charge in [0.15, 0.2) is 0 Å². The van der Waals surface area contributed by atoms with Gasteiger partial charge in [0.1, 0.15) is 23.5 Å². The van der Waals surface area contributed by atoms with Gasteiger partial charge in [-0.25, -0.2) is 9.18 Å². The van der Waals surface area contributed by atoms with Crippen LogP contribution in [0.25, 0.3) is 0 Å². The van der Waals surface area contributed by atoms with Crippen molar-refractivity contribution in [2.75, 3.05) is 13.2 Å². The Labute approximate surface area is 212 Å². The van der Waals surface area contributed by atoms with E-state index in [1.807, 2.05) is 13.8 Å². The van der Waals surface area contributed by atoms with Crippen molar-refractivity contribution in [1.29, 1.82) is 5.26 Å². The molecule has 2 heterocycles. The number of halogens is 1. The van der Waals surface area contributed by atoms with Crippen molar-refractivity contribution < 1.29 is 28.0 Å². The van der Waals surface area contributed by atoms with Gasteiger partial charge in [-0.1, -0.05) is 26.0 Å². The molecule has 8 nitrogen and oxygen atoms in total. The van der Waals surface area contributed by atoms with Crippen LogP contribution in [-0.4, -0.2) is 61.0 Å². The van der Waals surface area contributed by atoms with Gasteiger partial charge in [0.05, 0.1) is 6.07 Å². The van der Waals surface area contributed by atoms with Gasteiger partial charge in [-0.15, -0.1) is 0 Å².